The fraction of sp³-hybridized carbons (Fsp3) is 0.286. The molecule has 1 unspecified atom stereocenters. The molecule has 0 radical (unpaired) electrons. The van der Waals surface area contributed by atoms with Crippen LogP contribution in [0.2, 0.25) is 0 Å². The predicted octanol–water partition coefficient (Wildman–Crippen LogP) is 3.69. The van der Waals surface area contributed by atoms with Crippen molar-refractivity contribution in [3.8, 4) is 0 Å². The number of imidazole rings is 1. The van der Waals surface area contributed by atoms with Crippen LogP contribution in [-0.2, 0) is 6.54 Å². The second kappa shape index (κ2) is 8.16. The van der Waals surface area contributed by atoms with Crippen LogP contribution >= 0.6 is 15.9 Å². The van der Waals surface area contributed by atoms with Gasteiger partial charge in [0.05, 0.1) is 6.04 Å². The molecule has 1 fully saturated rings. The number of piperazine rings is 1. The maximum atomic E-state index is 4.78. The van der Waals surface area contributed by atoms with Crippen molar-refractivity contribution in [3.05, 3.63) is 88.4 Å². The third kappa shape index (κ3) is 3.90. The number of halogens is 1. The average molecular weight is 411 g/mol. The third-order valence-electron chi connectivity index (χ3n) is 4.87. The Kier molecular flexibility index (Phi) is 5.48. The zero-order valence-corrected chi connectivity index (χ0v) is 16.3. The Morgan fingerprint density at radius 1 is 1.04 bits per heavy atom. The van der Waals surface area contributed by atoms with Crippen LogP contribution in [-0.4, -0.2) is 40.6 Å². The molecule has 1 saturated heterocycles. The van der Waals surface area contributed by atoms with E-state index in [4.69, 9.17) is 4.98 Å². The maximum absolute atomic E-state index is 4.78. The van der Waals surface area contributed by atoms with Gasteiger partial charge in [-0.3, -0.25) is 4.90 Å². The predicted molar refractivity (Wildman–Crippen MR) is 108 cm³/mol. The molecule has 1 atom stereocenters. The van der Waals surface area contributed by atoms with Crippen molar-refractivity contribution < 1.29 is 0 Å². The first-order valence-corrected chi connectivity index (χ1v) is 9.86. The Labute approximate surface area is 163 Å². The number of rotatable bonds is 5. The monoisotopic (exact) mass is 410 g/mol. The van der Waals surface area contributed by atoms with Gasteiger partial charge in [-0.1, -0.05) is 58.4 Å². The molecule has 5 heteroatoms. The number of hydrogen-bond acceptors (Lipinski definition) is 3. The number of nitrogens with one attached hydrogen (secondary N) is 1. The third-order valence-corrected chi connectivity index (χ3v) is 5.36. The van der Waals surface area contributed by atoms with Gasteiger partial charge in [0.2, 0.25) is 0 Å². The lowest BCUT2D eigenvalue weighted by molar-refractivity contribution is 0.189. The molecule has 1 aliphatic heterocycles. The highest BCUT2D eigenvalue weighted by Crippen LogP contribution is 2.30. The van der Waals surface area contributed by atoms with Gasteiger partial charge in [0, 0.05) is 49.6 Å². The molecule has 0 spiro atoms. The lowest BCUT2D eigenvalue weighted by Crippen LogP contribution is -2.46. The van der Waals surface area contributed by atoms with Gasteiger partial charge < -0.3 is 9.88 Å². The van der Waals surface area contributed by atoms with E-state index in [1.165, 1.54) is 11.1 Å². The molecule has 1 aromatic heterocycles. The minimum Gasteiger partial charge on any atom is -0.329 e. The van der Waals surface area contributed by atoms with Gasteiger partial charge in [0.25, 0.3) is 0 Å². The van der Waals surface area contributed by atoms with Gasteiger partial charge in [0.1, 0.15) is 5.82 Å². The summed E-state index contributed by atoms with van der Waals surface area (Å²) in [5.41, 5.74) is 2.57. The number of benzene rings is 2. The van der Waals surface area contributed by atoms with E-state index in [2.05, 4.69) is 91.5 Å². The summed E-state index contributed by atoms with van der Waals surface area (Å²) in [4.78, 5) is 7.31. The van der Waals surface area contributed by atoms with E-state index in [-0.39, 0.29) is 6.04 Å². The van der Waals surface area contributed by atoms with Crippen LogP contribution in [0.4, 0.5) is 0 Å². The van der Waals surface area contributed by atoms with Gasteiger partial charge >= 0.3 is 0 Å². The van der Waals surface area contributed by atoms with E-state index in [1.807, 2.05) is 6.20 Å². The summed E-state index contributed by atoms with van der Waals surface area (Å²) in [6.45, 7) is 4.92. The van der Waals surface area contributed by atoms with Gasteiger partial charge in [-0.05, 0) is 23.3 Å². The molecule has 0 saturated carbocycles. The zero-order chi connectivity index (χ0) is 17.8. The van der Waals surface area contributed by atoms with Crippen LogP contribution in [0, 0.1) is 0 Å². The molecule has 4 nitrogen and oxygen atoms in total. The summed E-state index contributed by atoms with van der Waals surface area (Å²) in [7, 11) is 0. The Bertz CT molecular complexity index is 840. The average Bonchev–Trinajstić information content (AvgIpc) is 3.11. The van der Waals surface area contributed by atoms with Crippen LogP contribution in [0.3, 0.4) is 0 Å². The van der Waals surface area contributed by atoms with Crippen molar-refractivity contribution in [2.24, 2.45) is 0 Å². The Morgan fingerprint density at radius 2 is 1.85 bits per heavy atom. The Morgan fingerprint density at radius 3 is 2.62 bits per heavy atom. The molecular formula is C21H23BrN4. The number of aromatic nitrogens is 2. The molecular weight excluding hydrogens is 388 g/mol. The van der Waals surface area contributed by atoms with Crippen molar-refractivity contribution >= 4 is 15.9 Å². The fourth-order valence-corrected chi connectivity index (χ4v) is 4.04. The largest absolute Gasteiger partial charge is 0.329 e. The van der Waals surface area contributed by atoms with Gasteiger partial charge in [-0.15, -0.1) is 0 Å². The SMILES string of the molecule is Brc1cccc(C(c2nccn2Cc2ccccc2)N2CCNCC2)c1. The first kappa shape index (κ1) is 17.5. The molecule has 3 aromatic rings. The summed E-state index contributed by atoms with van der Waals surface area (Å²) in [5, 5.41) is 3.45. The van der Waals surface area contributed by atoms with Crippen LogP contribution in [0.5, 0.6) is 0 Å². The van der Waals surface area contributed by atoms with Crippen LogP contribution in [0.15, 0.2) is 71.5 Å². The highest BCUT2D eigenvalue weighted by molar-refractivity contribution is 9.10. The molecule has 26 heavy (non-hydrogen) atoms. The first-order chi connectivity index (χ1) is 12.8. The van der Waals surface area contributed by atoms with Crippen molar-refractivity contribution in [3.63, 3.8) is 0 Å². The number of hydrogen-bond donors (Lipinski definition) is 1. The Hall–Kier alpha value is -1.95. The Balaban J connectivity index is 1.71. The normalized spacial score (nSPS) is 16.5. The highest BCUT2D eigenvalue weighted by Gasteiger charge is 2.27. The smallest absolute Gasteiger partial charge is 0.130 e. The fourth-order valence-electron chi connectivity index (χ4n) is 3.62. The van der Waals surface area contributed by atoms with E-state index in [9.17, 15) is 0 Å². The van der Waals surface area contributed by atoms with Crippen molar-refractivity contribution in [1.82, 2.24) is 19.8 Å². The lowest BCUT2D eigenvalue weighted by Gasteiger charge is -2.35. The van der Waals surface area contributed by atoms with Crippen LogP contribution < -0.4 is 5.32 Å². The second-order valence-corrected chi connectivity index (χ2v) is 7.56. The summed E-state index contributed by atoms with van der Waals surface area (Å²) in [5.74, 6) is 1.11. The van der Waals surface area contributed by atoms with Gasteiger partial charge in [-0.2, -0.15) is 0 Å². The highest BCUT2D eigenvalue weighted by atomic mass is 79.9. The van der Waals surface area contributed by atoms with E-state index < -0.39 is 0 Å². The summed E-state index contributed by atoms with van der Waals surface area (Å²) < 4.78 is 3.39. The minimum atomic E-state index is 0.160. The molecule has 4 rings (SSSR count). The second-order valence-electron chi connectivity index (χ2n) is 6.64. The van der Waals surface area contributed by atoms with Gasteiger partial charge in [0.15, 0.2) is 0 Å². The summed E-state index contributed by atoms with van der Waals surface area (Å²) in [6, 6.07) is 19.4. The van der Waals surface area contributed by atoms with E-state index in [0.717, 1.165) is 43.0 Å². The molecule has 1 N–H and O–H groups in total. The minimum absolute atomic E-state index is 0.160. The number of nitrogens with zero attached hydrogens (tertiary/aromatic N) is 3. The molecule has 2 aromatic carbocycles. The zero-order valence-electron chi connectivity index (χ0n) is 14.7. The maximum Gasteiger partial charge on any atom is 0.130 e. The van der Waals surface area contributed by atoms with E-state index >= 15 is 0 Å². The first-order valence-electron chi connectivity index (χ1n) is 9.06. The molecule has 0 aliphatic carbocycles. The van der Waals surface area contributed by atoms with Gasteiger partial charge in [-0.25, -0.2) is 4.98 Å². The van der Waals surface area contributed by atoms with Crippen molar-refractivity contribution in [1.29, 1.82) is 0 Å². The standard InChI is InChI=1S/C21H23BrN4/c22-19-8-4-7-18(15-19)20(25-12-9-23-10-13-25)21-24-11-14-26(21)16-17-5-2-1-3-6-17/h1-8,11,14-15,20,23H,9-10,12-13,16H2. The molecule has 2 heterocycles. The summed E-state index contributed by atoms with van der Waals surface area (Å²) >= 11 is 3.63. The molecule has 1 aliphatic rings. The molecule has 0 bridgehead atoms. The van der Waals surface area contributed by atoms with Crippen molar-refractivity contribution in [2.75, 3.05) is 26.2 Å². The van der Waals surface area contributed by atoms with Crippen LogP contribution in [0.25, 0.3) is 0 Å². The molecule has 0 amide bonds. The quantitative estimate of drug-likeness (QED) is 0.695. The van der Waals surface area contributed by atoms with E-state index in [1.54, 1.807) is 0 Å². The van der Waals surface area contributed by atoms with E-state index in [0.29, 0.717) is 0 Å². The molecule has 134 valence electrons. The van der Waals surface area contributed by atoms with Crippen LogP contribution in [0.1, 0.15) is 23.0 Å². The van der Waals surface area contributed by atoms with Crippen molar-refractivity contribution in [2.45, 2.75) is 12.6 Å². The topological polar surface area (TPSA) is 33.1 Å². The lowest BCUT2D eigenvalue weighted by atomic mass is 10.0. The summed E-state index contributed by atoms with van der Waals surface area (Å²) in [6.07, 6.45) is 4.01.